The Morgan fingerprint density at radius 1 is 1.29 bits per heavy atom. The molecule has 3 aliphatic heterocycles. The quantitative estimate of drug-likeness (QED) is 0.890. The standard InChI is InChI=1S/C17H18N2O2/c20-16(21)17(5-6-17)11-1-2-13-12(9-11)14-10-3-7-19(8-4-10)15(14)18-13/h1-2,9-10,18H,3-8H2,(H,20,21). The van der Waals surface area contributed by atoms with Crippen molar-refractivity contribution in [3.8, 4) is 0 Å². The van der Waals surface area contributed by atoms with Gasteiger partial charge in [0.1, 0.15) is 5.82 Å². The van der Waals surface area contributed by atoms with Gasteiger partial charge in [0.2, 0.25) is 0 Å². The van der Waals surface area contributed by atoms with Crippen molar-refractivity contribution in [3.05, 3.63) is 29.3 Å². The first kappa shape index (κ1) is 11.7. The van der Waals surface area contributed by atoms with Crippen molar-refractivity contribution in [2.45, 2.75) is 37.0 Å². The molecule has 4 heterocycles. The summed E-state index contributed by atoms with van der Waals surface area (Å²) in [4.78, 5) is 17.6. The van der Waals surface area contributed by atoms with Gasteiger partial charge in [-0.15, -0.1) is 0 Å². The van der Waals surface area contributed by atoms with E-state index in [2.05, 4.69) is 22.0 Å². The fourth-order valence-electron chi connectivity index (χ4n) is 4.30. The Kier molecular flexibility index (Phi) is 2.01. The van der Waals surface area contributed by atoms with Gasteiger partial charge in [0.15, 0.2) is 0 Å². The smallest absolute Gasteiger partial charge is 0.314 e. The first-order valence-corrected chi connectivity index (χ1v) is 7.83. The molecule has 2 aromatic rings. The minimum absolute atomic E-state index is 0.605. The van der Waals surface area contributed by atoms with Crippen LogP contribution < -0.4 is 4.90 Å². The van der Waals surface area contributed by atoms with Gasteiger partial charge in [-0.05, 0) is 49.3 Å². The number of carboxylic acids is 1. The molecule has 4 nitrogen and oxygen atoms in total. The molecule has 0 atom stereocenters. The van der Waals surface area contributed by atoms with Gasteiger partial charge in [-0.1, -0.05) is 6.07 Å². The second-order valence-corrected chi connectivity index (χ2v) is 6.80. The molecule has 2 fully saturated rings. The van der Waals surface area contributed by atoms with Crippen molar-refractivity contribution in [1.29, 1.82) is 0 Å². The lowest BCUT2D eigenvalue weighted by Gasteiger charge is -2.40. The molecule has 0 spiro atoms. The van der Waals surface area contributed by atoms with E-state index in [1.165, 1.54) is 29.6 Å². The Morgan fingerprint density at radius 2 is 2.05 bits per heavy atom. The molecular formula is C17H18N2O2. The number of piperidine rings is 1. The molecule has 0 unspecified atom stereocenters. The lowest BCUT2D eigenvalue weighted by Crippen LogP contribution is -2.38. The summed E-state index contributed by atoms with van der Waals surface area (Å²) in [6.45, 7) is 2.30. The van der Waals surface area contributed by atoms with Crippen LogP contribution in [0.2, 0.25) is 0 Å². The molecule has 1 saturated heterocycles. The minimum Gasteiger partial charge on any atom is -0.481 e. The Hall–Kier alpha value is -1.97. The number of aromatic amines is 1. The van der Waals surface area contributed by atoms with E-state index in [-0.39, 0.29) is 0 Å². The zero-order valence-corrected chi connectivity index (χ0v) is 11.9. The van der Waals surface area contributed by atoms with Gasteiger partial charge in [-0.25, -0.2) is 0 Å². The summed E-state index contributed by atoms with van der Waals surface area (Å²) in [6, 6.07) is 6.23. The maximum absolute atomic E-state index is 11.6. The number of benzene rings is 1. The Balaban J connectivity index is 1.73. The zero-order valence-electron chi connectivity index (χ0n) is 11.9. The van der Waals surface area contributed by atoms with Crippen LogP contribution >= 0.6 is 0 Å². The molecule has 0 radical (unpaired) electrons. The van der Waals surface area contributed by atoms with Crippen LogP contribution in [0, 0.1) is 0 Å². The number of carboxylic acid groups (broad SMARTS) is 1. The highest BCUT2D eigenvalue weighted by Gasteiger charge is 2.52. The summed E-state index contributed by atoms with van der Waals surface area (Å²) in [6.07, 6.45) is 4.01. The van der Waals surface area contributed by atoms with E-state index in [1.54, 1.807) is 0 Å². The summed E-state index contributed by atoms with van der Waals surface area (Å²) in [5, 5.41) is 10.8. The predicted octanol–water partition coefficient (Wildman–Crippen LogP) is 2.98. The van der Waals surface area contributed by atoms with Crippen molar-refractivity contribution in [3.63, 3.8) is 0 Å². The Morgan fingerprint density at radius 3 is 2.71 bits per heavy atom. The van der Waals surface area contributed by atoms with Gasteiger partial charge in [0, 0.05) is 29.6 Å². The third-order valence-electron chi connectivity index (χ3n) is 5.75. The highest BCUT2D eigenvalue weighted by atomic mass is 16.4. The molecule has 1 aromatic carbocycles. The molecule has 1 aromatic heterocycles. The number of H-pyrrole nitrogens is 1. The molecule has 21 heavy (non-hydrogen) atoms. The number of hydrogen-bond donors (Lipinski definition) is 2. The third kappa shape index (κ3) is 1.38. The van der Waals surface area contributed by atoms with E-state index >= 15 is 0 Å². The molecule has 4 heteroatoms. The first-order chi connectivity index (χ1) is 10.2. The fourth-order valence-corrected chi connectivity index (χ4v) is 4.30. The van der Waals surface area contributed by atoms with Gasteiger partial charge in [-0.3, -0.25) is 4.79 Å². The Labute approximate surface area is 122 Å². The number of aromatic nitrogens is 1. The van der Waals surface area contributed by atoms with E-state index in [0.29, 0.717) is 5.92 Å². The van der Waals surface area contributed by atoms with Crippen LogP contribution in [0.4, 0.5) is 5.82 Å². The maximum atomic E-state index is 11.6. The molecule has 2 bridgehead atoms. The van der Waals surface area contributed by atoms with E-state index in [4.69, 9.17) is 0 Å². The molecule has 4 aliphatic rings. The largest absolute Gasteiger partial charge is 0.481 e. The van der Waals surface area contributed by atoms with Gasteiger partial charge >= 0.3 is 5.97 Å². The number of hydrogen-bond acceptors (Lipinski definition) is 2. The summed E-state index contributed by atoms with van der Waals surface area (Å²) in [5.74, 6) is 1.26. The molecule has 1 aliphatic carbocycles. The van der Waals surface area contributed by atoms with Crippen molar-refractivity contribution >= 4 is 22.7 Å². The number of nitrogens with zero attached hydrogens (tertiary/aromatic N) is 1. The zero-order chi connectivity index (χ0) is 14.2. The normalized spacial score (nSPS) is 22.6. The number of carbonyl (C=O) groups is 1. The second kappa shape index (κ2) is 3.62. The molecule has 108 valence electrons. The van der Waals surface area contributed by atoms with Crippen LogP contribution in [0.3, 0.4) is 0 Å². The van der Waals surface area contributed by atoms with Crippen molar-refractivity contribution in [2.24, 2.45) is 0 Å². The molecule has 0 amide bonds. The highest BCUT2D eigenvalue weighted by molar-refractivity contribution is 5.93. The van der Waals surface area contributed by atoms with E-state index in [0.717, 1.165) is 37.0 Å². The van der Waals surface area contributed by atoms with E-state index < -0.39 is 11.4 Å². The van der Waals surface area contributed by atoms with Gasteiger partial charge in [0.25, 0.3) is 0 Å². The van der Waals surface area contributed by atoms with Gasteiger partial charge in [0.05, 0.1) is 5.41 Å². The minimum atomic E-state index is -0.670. The van der Waals surface area contributed by atoms with Crippen molar-refractivity contribution in [2.75, 3.05) is 18.0 Å². The topological polar surface area (TPSA) is 56.3 Å². The summed E-state index contributed by atoms with van der Waals surface area (Å²) in [7, 11) is 0. The van der Waals surface area contributed by atoms with Crippen LogP contribution in [-0.2, 0) is 10.2 Å². The second-order valence-electron chi connectivity index (χ2n) is 6.80. The number of rotatable bonds is 2. The molecule has 6 rings (SSSR count). The lowest BCUT2D eigenvalue weighted by atomic mass is 9.83. The summed E-state index contributed by atoms with van der Waals surface area (Å²) >= 11 is 0. The van der Waals surface area contributed by atoms with Gasteiger partial charge < -0.3 is 15.0 Å². The van der Waals surface area contributed by atoms with Crippen molar-refractivity contribution < 1.29 is 9.90 Å². The number of anilines is 1. The van der Waals surface area contributed by atoms with Crippen LogP contribution in [0.15, 0.2) is 18.2 Å². The first-order valence-electron chi connectivity index (χ1n) is 7.83. The summed E-state index contributed by atoms with van der Waals surface area (Å²) < 4.78 is 0. The molecule has 2 N–H and O–H groups in total. The highest BCUT2D eigenvalue weighted by Crippen LogP contribution is 2.51. The van der Waals surface area contributed by atoms with E-state index in [1.807, 2.05) is 6.07 Å². The maximum Gasteiger partial charge on any atom is 0.314 e. The van der Waals surface area contributed by atoms with Gasteiger partial charge in [-0.2, -0.15) is 0 Å². The van der Waals surface area contributed by atoms with Crippen LogP contribution in [-0.4, -0.2) is 29.1 Å². The number of aliphatic carboxylic acids is 1. The lowest BCUT2D eigenvalue weighted by molar-refractivity contribution is -0.140. The van der Waals surface area contributed by atoms with Crippen LogP contribution in [0.1, 0.15) is 42.7 Å². The Bertz CT molecular complexity index is 764. The molecular weight excluding hydrogens is 264 g/mol. The SMILES string of the molecule is O=C(O)C1(c2ccc3[nH]c4c(c3c2)C2CCN4CC2)CC1. The number of fused-ring (bicyclic) bond motifs is 3. The number of nitrogens with one attached hydrogen (secondary N) is 1. The molecule has 1 saturated carbocycles. The average Bonchev–Trinajstić information content (AvgIpc) is 3.23. The fraction of sp³-hybridized carbons (Fsp3) is 0.471. The predicted molar refractivity (Wildman–Crippen MR) is 81.0 cm³/mol. The average molecular weight is 282 g/mol. The summed E-state index contributed by atoms with van der Waals surface area (Å²) in [5.41, 5.74) is 2.97. The van der Waals surface area contributed by atoms with Crippen LogP contribution in [0.5, 0.6) is 0 Å². The van der Waals surface area contributed by atoms with E-state index in [9.17, 15) is 9.90 Å². The third-order valence-corrected chi connectivity index (χ3v) is 5.75. The monoisotopic (exact) mass is 282 g/mol. The van der Waals surface area contributed by atoms with Crippen molar-refractivity contribution in [1.82, 2.24) is 4.98 Å². The van der Waals surface area contributed by atoms with Crippen LogP contribution in [0.25, 0.3) is 10.9 Å².